The third-order valence-electron chi connectivity index (χ3n) is 4.20. The molecule has 2 amide bonds. The van der Waals surface area contributed by atoms with Crippen LogP contribution in [-0.4, -0.2) is 18.6 Å². The molecule has 3 rings (SSSR count). The summed E-state index contributed by atoms with van der Waals surface area (Å²) in [5, 5.41) is 5.40. The van der Waals surface area contributed by atoms with E-state index in [1.807, 2.05) is 55.5 Å². The van der Waals surface area contributed by atoms with Gasteiger partial charge in [-0.1, -0.05) is 24.3 Å². The Morgan fingerprint density at radius 1 is 1.07 bits per heavy atom. The number of ether oxygens (including phenoxy) is 2. The van der Waals surface area contributed by atoms with E-state index >= 15 is 0 Å². The van der Waals surface area contributed by atoms with E-state index in [2.05, 4.69) is 10.6 Å². The van der Waals surface area contributed by atoms with Crippen LogP contribution in [0, 0.1) is 6.92 Å². The largest absolute Gasteiger partial charge is 0.463 e. The molecule has 0 saturated carbocycles. The molecule has 0 radical (unpaired) electrons. The number of amides is 2. The summed E-state index contributed by atoms with van der Waals surface area (Å²) in [4.78, 5) is 24.2. The Kier molecular flexibility index (Phi) is 5.45. The first-order chi connectivity index (χ1) is 13.0. The van der Waals surface area contributed by atoms with E-state index in [-0.39, 0.29) is 12.6 Å². The second-order valence-electron chi connectivity index (χ2n) is 6.28. The number of esters is 1. The monoisotopic (exact) mass is 366 g/mol. The third-order valence-corrected chi connectivity index (χ3v) is 4.20. The SMILES string of the molecule is CCOC(=O)C1=C(C)NC(=O)NC1c1ccc(Oc2cccc(C)c2)cc1. The summed E-state index contributed by atoms with van der Waals surface area (Å²) in [6.07, 6.45) is 0. The molecule has 1 heterocycles. The summed E-state index contributed by atoms with van der Waals surface area (Å²) < 4.78 is 11.0. The molecular weight excluding hydrogens is 344 g/mol. The molecule has 1 aliphatic heterocycles. The minimum atomic E-state index is -0.578. The molecule has 0 saturated heterocycles. The first-order valence-electron chi connectivity index (χ1n) is 8.78. The fourth-order valence-corrected chi connectivity index (χ4v) is 2.97. The van der Waals surface area contributed by atoms with Crippen molar-refractivity contribution in [1.29, 1.82) is 0 Å². The average Bonchev–Trinajstić information content (AvgIpc) is 2.62. The van der Waals surface area contributed by atoms with Gasteiger partial charge in [-0.15, -0.1) is 0 Å². The van der Waals surface area contributed by atoms with Crippen LogP contribution in [0.1, 0.15) is 31.0 Å². The molecule has 6 heteroatoms. The van der Waals surface area contributed by atoms with Gasteiger partial charge in [0.05, 0.1) is 18.2 Å². The molecule has 2 aromatic rings. The number of allylic oxidation sites excluding steroid dienone is 1. The molecule has 140 valence electrons. The van der Waals surface area contributed by atoms with Crippen LogP contribution in [0.15, 0.2) is 59.8 Å². The van der Waals surface area contributed by atoms with Gasteiger partial charge < -0.3 is 20.1 Å². The number of hydrogen-bond acceptors (Lipinski definition) is 4. The minimum Gasteiger partial charge on any atom is -0.463 e. The second-order valence-corrected chi connectivity index (χ2v) is 6.28. The van der Waals surface area contributed by atoms with Crippen LogP contribution in [0.4, 0.5) is 4.79 Å². The molecular formula is C21H22N2O4. The summed E-state index contributed by atoms with van der Waals surface area (Å²) >= 11 is 0. The molecule has 0 bridgehead atoms. The highest BCUT2D eigenvalue weighted by atomic mass is 16.5. The zero-order valence-electron chi connectivity index (χ0n) is 15.5. The maximum Gasteiger partial charge on any atom is 0.338 e. The third kappa shape index (κ3) is 4.28. The van der Waals surface area contributed by atoms with Crippen molar-refractivity contribution in [2.24, 2.45) is 0 Å². The number of carbonyl (C=O) groups is 2. The van der Waals surface area contributed by atoms with Gasteiger partial charge in [-0.05, 0) is 56.2 Å². The highest BCUT2D eigenvalue weighted by molar-refractivity contribution is 5.95. The first-order valence-corrected chi connectivity index (χ1v) is 8.78. The van der Waals surface area contributed by atoms with Crippen molar-refractivity contribution in [2.45, 2.75) is 26.8 Å². The Balaban J connectivity index is 1.85. The van der Waals surface area contributed by atoms with Gasteiger partial charge in [0, 0.05) is 5.70 Å². The van der Waals surface area contributed by atoms with Crippen molar-refractivity contribution in [3.8, 4) is 11.5 Å². The standard InChI is InChI=1S/C21H22N2O4/c1-4-26-20(24)18-14(3)22-21(25)23-19(18)15-8-10-16(11-9-15)27-17-7-5-6-13(2)12-17/h5-12,19H,4H2,1-3H3,(H2,22,23,25). The van der Waals surface area contributed by atoms with Gasteiger partial charge in [-0.2, -0.15) is 0 Å². The number of benzene rings is 2. The van der Waals surface area contributed by atoms with Gasteiger partial charge in [0.15, 0.2) is 0 Å². The summed E-state index contributed by atoms with van der Waals surface area (Å²) in [5.74, 6) is 0.969. The van der Waals surface area contributed by atoms with Crippen LogP contribution in [0.25, 0.3) is 0 Å². The molecule has 6 nitrogen and oxygen atoms in total. The van der Waals surface area contributed by atoms with E-state index in [1.165, 1.54) is 0 Å². The topological polar surface area (TPSA) is 76.7 Å². The first kappa shape index (κ1) is 18.5. The van der Waals surface area contributed by atoms with Crippen molar-refractivity contribution in [3.63, 3.8) is 0 Å². The molecule has 1 atom stereocenters. The Bertz CT molecular complexity index is 887. The fraction of sp³-hybridized carbons (Fsp3) is 0.238. The molecule has 2 aromatic carbocycles. The lowest BCUT2D eigenvalue weighted by molar-refractivity contribution is -0.139. The molecule has 0 spiro atoms. The molecule has 1 aliphatic rings. The van der Waals surface area contributed by atoms with Crippen LogP contribution < -0.4 is 15.4 Å². The Hall–Kier alpha value is -3.28. The van der Waals surface area contributed by atoms with Crippen LogP contribution in [0.5, 0.6) is 11.5 Å². The van der Waals surface area contributed by atoms with E-state index in [0.717, 1.165) is 16.9 Å². The van der Waals surface area contributed by atoms with E-state index in [0.29, 0.717) is 17.0 Å². The van der Waals surface area contributed by atoms with Gasteiger partial charge in [-0.3, -0.25) is 0 Å². The van der Waals surface area contributed by atoms with Gasteiger partial charge in [0.1, 0.15) is 11.5 Å². The Morgan fingerprint density at radius 2 is 1.81 bits per heavy atom. The van der Waals surface area contributed by atoms with Crippen molar-refractivity contribution in [1.82, 2.24) is 10.6 Å². The summed E-state index contributed by atoms with van der Waals surface area (Å²) in [6.45, 7) is 5.70. The van der Waals surface area contributed by atoms with Crippen LogP contribution in [0.2, 0.25) is 0 Å². The lowest BCUT2D eigenvalue weighted by atomic mass is 9.95. The van der Waals surface area contributed by atoms with Gasteiger partial charge in [0.2, 0.25) is 0 Å². The number of hydrogen-bond donors (Lipinski definition) is 2. The van der Waals surface area contributed by atoms with Gasteiger partial charge >= 0.3 is 12.0 Å². The van der Waals surface area contributed by atoms with Crippen LogP contribution >= 0.6 is 0 Å². The number of urea groups is 1. The summed E-state index contributed by atoms with van der Waals surface area (Å²) in [7, 11) is 0. The Labute approximate surface area is 158 Å². The zero-order chi connectivity index (χ0) is 19.4. The molecule has 2 N–H and O–H groups in total. The summed E-state index contributed by atoms with van der Waals surface area (Å²) in [6, 6.07) is 14.1. The van der Waals surface area contributed by atoms with E-state index in [9.17, 15) is 9.59 Å². The minimum absolute atomic E-state index is 0.263. The van der Waals surface area contributed by atoms with Crippen molar-refractivity contribution in [3.05, 3.63) is 70.9 Å². The average molecular weight is 366 g/mol. The maximum absolute atomic E-state index is 12.3. The normalized spacial score (nSPS) is 16.4. The van der Waals surface area contributed by atoms with Gasteiger partial charge in [-0.25, -0.2) is 9.59 Å². The lowest BCUT2D eigenvalue weighted by Gasteiger charge is -2.28. The quantitative estimate of drug-likeness (QED) is 0.785. The second kappa shape index (κ2) is 7.95. The molecule has 0 aliphatic carbocycles. The Morgan fingerprint density at radius 3 is 2.48 bits per heavy atom. The predicted octanol–water partition coefficient (Wildman–Crippen LogP) is 3.98. The number of rotatable bonds is 5. The van der Waals surface area contributed by atoms with Crippen molar-refractivity contribution in [2.75, 3.05) is 6.61 Å². The van der Waals surface area contributed by atoms with E-state index in [4.69, 9.17) is 9.47 Å². The number of nitrogens with one attached hydrogen (secondary N) is 2. The van der Waals surface area contributed by atoms with Gasteiger partial charge in [0.25, 0.3) is 0 Å². The number of carbonyl (C=O) groups excluding carboxylic acids is 2. The maximum atomic E-state index is 12.3. The predicted molar refractivity (Wildman–Crippen MR) is 101 cm³/mol. The van der Waals surface area contributed by atoms with Crippen LogP contribution in [0.3, 0.4) is 0 Å². The zero-order valence-corrected chi connectivity index (χ0v) is 15.5. The molecule has 27 heavy (non-hydrogen) atoms. The van der Waals surface area contributed by atoms with Crippen LogP contribution in [-0.2, 0) is 9.53 Å². The van der Waals surface area contributed by atoms with Crippen molar-refractivity contribution >= 4 is 12.0 Å². The van der Waals surface area contributed by atoms with Crippen molar-refractivity contribution < 1.29 is 19.1 Å². The highest BCUT2D eigenvalue weighted by Gasteiger charge is 2.32. The molecule has 1 unspecified atom stereocenters. The highest BCUT2D eigenvalue weighted by Crippen LogP contribution is 2.30. The smallest absolute Gasteiger partial charge is 0.338 e. The van der Waals surface area contributed by atoms with E-state index in [1.54, 1.807) is 13.8 Å². The fourth-order valence-electron chi connectivity index (χ4n) is 2.97. The molecule has 0 fully saturated rings. The molecule has 0 aromatic heterocycles. The van der Waals surface area contributed by atoms with E-state index < -0.39 is 12.0 Å². The lowest BCUT2D eigenvalue weighted by Crippen LogP contribution is -2.45. The number of aryl methyl sites for hydroxylation is 1. The summed E-state index contributed by atoms with van der Waals surface area (Å²) in [5.41, 5.74) is 2.76.